The van der Waals surface area contributed by atoms with E-state index in [0.717, 1.165) is 10.6 Å². The molecule has 3 aromatic rings. The summed E-state index contributed by atoms with van der Waals surface area (Å²) in [5, 5.41) is 4.44. The average Bonchev–Trinajstić information content (AvgIpc) is 2.97. The van der Waals surface area contributed by atoms with Crippen molar-refractivity contribution < 1.29 is 8.98 Å². The number of aryl methyl sites for hydroxylation is 1. The molecule has 0 radical (unpaired) electrons. The zero-order chi connectivity index (χ0) is 15.6. The van der Waals surface area contributed by atoms with E-state index in [1.165, 1.54) is 0 Å². The van der Waals surface area contributed by atoms with Gasteiger partial charge in [0.15, 0.2) is 18.5 Å². The normalized spacial score (nSPS) is 11.4. The minimum atomic E-state index is -3.08. The highest BCUT2D eigenvalue weighted by Crippen LogP contribution is 2.44. The summed E-state index contributed by atoms with van der Waals surface area (Å²) in [4.78, 5) is 4.41. The molecule has 0 bridgehead atoms. The van der Waals surface area contributed by atoms with Gasteiger partial charge in [-0.25, -0.2) is 4.98 Å². The van der Waals surface area contributed by atoms with Crippen molar-refractivity contribution in [1.82, 2.24) is 4.98 Å². The molecule has 0 fully saturated rings. The molecular formula is C17H17N2O2P. The molecule has 5 heteroatoms. The second-order valence-electron chi connectivity index (χ2n) is 4.92. The SMILES string of the molecule is CNc1oc(C)nc1P(=O)(c1ccccc1)c1ccccc1. The molecule has 3 rings (SSSR count). The standard InChI is InChI=1S/C17H17N2O2P/c1-13-19-17(16(18-2)21-13)22(20,14-9-5-3-6-10-14)15-11-7-4-8-12-15/h3-12,18H,1-2H3. The van der Waals surface area contributed by atoms with Gasteiger partial charge in [0.1, 0.15) is 0 Å². The molecule has 0 spiro atoms. The first-order valence-electron chi connectivity index (χ1n) is 7.03. The molecule has 0 atom stereocenters. The molecule has 1 heterocycles. The summed E-state index contributed by atoms with van der Waals surface area (Å²) < 4.78 is 19.6. The third-order valence-electron chi connectivity index (χ3n) is 3.48. The van der Waals surface area contributed by atoms with Crippen LogP contribution in [0, 0.1) is 6.92 Å². The fourth-order valence-electron chi connectivity index (χ4n) is 2.46. The third kappa shape index (κ3) is 2.36. The molecule has 0 saturated carbocycles. The van der Waals surface area contributed by atoms with Crippen molar-refractivity contribution in [3.63, 3.8) is 0 Å². The Morgan fingerprint density at radius 2 is 1.45 bits per heavy atom. The van der Waals surface area contributed by atoms with Gasteiger partial charge >= 0.3 is 0 Å². The largest absolute Gasteiger partial charge is 0.425 e. The minimum absolute atomic E-state index is 0.452. The molecule has 112 valence electrons. The highest BCUT2D eigenvalue weighted by atomic mass is 31.2. The lowest BCUT2D eigenvalue weighted by Crippen LogP contribution is -2.27. The van der Waals surface area contributed by atoms with Gasteiger partial charge in [-0.15, -0.1) is 0 Å². The van der Waals surface area contributed by atoms with Gasteiger partial charge in [-0.3, -0.25) is 0 Å². The van der Waals surface area contributed by atoms with E-state index >= 15 is 0 Å². The van der Waals surface area contributed by atoms with Crippen molar-refractivity contribution in [3.05, 3.63) is 66.6 Å². The summed E-state index contributed by atoms with van der Waals surface area (Å²) in [7, 11) is -1.34. The Labute approximate surface area is 129 Å². The van der Waals surface area contributed by atoms with Crippen LogP contribution in [-0.4, -0.2) is 12.0 Å². The molecule has 1 N–H and O–H groups in total. The van der Waals surface area contributed by atoms with Crippen molar-refractivity contribution in [2.24, 2.45) is 0 Å². The summed E-state index contributed by atoms with van der Waals surface area (Å²) >= 11 is 0. The smallest absolute Gasteiger partial charge is 0.225 e. The van der Waals surface area contributed by atoms with E-state index in [-0.39, 0.29) is 0 Å². The summed E-state index contributed by atoms with van der Waals surface area (Å²) in [6.45, 7) is 1.75. The first kappa shape index (κ1) is 14.6. The number of nitrogens with zero attached hydrogens (tertiary/aromatic N) is 1. The molecule has 0 amide bonds. The Morgan fingerprint density at radius 1 is 0.955 bits per heavy atom. The quantitative estimate of drug-likeness (QED) is 0.753. The van der Waals surface area contributed by atoms with Crippen LogP contribution in [0.5, 0.6) is 0 Å². The monoisotopic (exact) mass is 312 g/mol. The number of nitrogens with one attached hydrogen (secondary N) is 1. The van der Waals surface area contributed by atoms with Crippen LogP contribution in [0.25, 0.3) is 0 Å². The number of rotatable bonds is 4. The van der Waals surface area contributed by atoms with Crippen molar-refractivity contribution in [1.29, 1.82) is 0 Å². The predicted molar refractivity (Wildman–Crippen MR) is 90.2 cm³/mol. The van der Waals surface area contributed by atoms with Crippen molar-refractivity contribution >= 4 is 29.1 Å². The van der Waals surface area contributed by atoms with Gasteiger partial charge in [-0.05, 0) is 0 Å². The first-order valence-corrected chi connectivity index (χ1v) is 8.74. The van der Waals surface area contributed by atoms with Gasteiger partial charge in [0.2, 0.25) is 5.88 Å². The number of benzene rings is 2. The van der Waals surface area contributed by atoms with Gasteiger partial charge in [0.25, 0.3) is 0 Å². The van der Waals surface area contributed by atoms with Gasteiger partial charge < -0.3 is 14.3 Å². The topological polar surface area (TPSA) is 55.1 Å². The number of aromatic nitrogens is 1. The summed E-state index contributed by atoms with van der Waals surface area (Å²) in [6, 6.07) is 18.8. The van der Waals surface area contributed by atoms with Gasteiger partial charge in [-0.2, -0.15) is 0 Å². The number of hydrogen-bond donors (Lipinski definition) is 1. The van der Waals surface area contributed by atoms with E-state index in [2.05, 4.69) is 10.3 Å². The Hall–Kier alpha value is -2.32. The summed E-state index contributed by atoms with van der Waals surface area (Å²) in [5.41, 5.74) is 0.463. The average molecular weight is 312 g/mol. The minimum Gasteiger partial charge on any atom is -0.425 e. The molecule has 4 nitrogen and oxygen atoms in total. The Kier molecular flexibility index (Phi) is 3.86. The molecule has 1 aromatic heterocycles. The van der Waals surface area contributed by atoms with Crippen molar-refractivity contribution in [2.75, 3.05) is 12.4 Å². The van der Waals surface area contributed by atoms with Crippen LogP contribution in [0.3, 0.4) is 0 Å². The van der Waals surface area contributed by atoms with Crippen molar-refractivity contribution in [3.8, 4) is 0 Å². The number of anilines is 1. The Bertz CT molecular complexity index is 770. The van der Waals surface area contributed by atoms with Crippen LogP contribution in [0.2, 0.25) is 0 Å². The van der Waals surface area contributed by atoms with E-state index in [4.69, 9.17) is 4.42 Å². The predicted octanol–water partition coefficient (Wildman–Crippen LogP) is 2.66. The van der Waals surface area contributed by atoms with E-state index in [1.54, 1.807) is 14.0 Å². The fourth-order valence-corrected chi connectivity index (χ4v) is 5.16. The molecule has 0 aliphatic carbocycles. The molecule has 0 aliphatic rings. The maximum atomic E-state index is 14.0. The molecular weight excluding hydrogens is 295 g/mol. The lowest BCUT2D eigenvalue weighted by Gasteiger charge is -2.17. The zero-order valence-electron chi connectivity index (χ0n) is 12.5. The maximum Gasteiger partial charge on any atom is 0.225 e. The van der Waals surface area contributed by atoms with Crippen molar-refractivity contribution in [2.45, 2.75) is 6.92 Å². The van der Waals surface area contributed by atoms with Gasteiger partial charge in [0, 0.05) is 24.6 Å². The number of oxazole rings is 1. The zero-order valence-corrected chi connectivity index (χ0v) is 13.4. The van der Waals surface area contributed by atoms with Gasteiger partial charge in [0.05, 0.1) is 0 Å². The Morgan fingerprint density at radius 3 is 1.91 bits per heavy atom. The molecule has 2 aromatic carbocycles. The Balaban J connectivity index is 2.31. The van der Waals surface area contributed by atoms with E-state index in [9.17, 15) is 4.57 Å². The summed E-state index contributed by atoms with van der Waals surface area (Å²) in [5.74, 6) is 0.944. The molecule has 0 unspecified atom stereocenters. The van der Waals surface area contributed by atoms with Crippen LogP contribution in [0.1, 0.15) is 5.89 Å². The molecule has 0 saturated heterocycles. The van der Waals surface area contributed by atoms with Crippen LogP contribution in [0.15, 0.2) is 65.1 Å². The van der Waals surface area contributed by atoms with Crippen LogP contribution in [-0.2, 0) is 4.57 Å². The molecule has 22 heavy (non-hydrogen) atoms. The van der Waals surface area contributed by atoms with E-state index in [1.807, 2.05) is 60.7 Å². The second kappa shape index (κ2) is 5.82. The third-order valence-corrected chi connectivity index (χ3v) is 6.43. The van der Waals surface area contributed by atoms with Crippen LogP contribution >= 0.6 is 7.14 Å². The van der Waals surface area contributed by atoms with E-state index in [0.29, 0.717) is 17.2 Å². The highest BCUT2D eigenvalue weighted by molar-refractivity contribution is 7.85. The van der Waals surface area contributed by atoms with E-state index < -0.39 is 7.14 Å². The van der Waals surface area contributed by atoms with Crippen LogP contribution < -0.4 is 21.4 Å². The highest BCUT2D eigenvalue weighted by Gasteiger charge is 2.35. The summed E-state index contributed by atoms with van der Waals surface area (Å²) in [6.07, 6.45) is 0. The second-order valence-corrected chi connectivity index (χ2v) is 7.59. The van der Waals surface area contributed by atoms with Gasteiger partial charge in [-0.1, -0.05) is 60.7 Å². The number of hydrogen-bond acceptors (Lipinski definition) is 4. The maximum absolute atomic E-state index is 14.0. The lowest BCUT2D eigenvalue weighted by atomic mass is 10.4. The van der Waals surface area contributed by atoms with Crippen LogP contribution in [0.4, 0.5) is 5.88 Å². The fraction of sp³-hybridized carbons (Fsp3) is 0.118. The molecule has 0 aliphatic heterocycles. The lowest BCUT2D eigenvalue weighted by molar-refractivity contribution is 0.535. The first-order chi connectivity index (χ1) is 10.7.